The van der Waals surface area contributed by atoms with Crippen molar-refractivity contribution in [2.75, 3.05) is 7.11 Å². The minimum atomic E-state index is -4.86. The zero-order valence-electron chi connectivity index (χ0n) is 18.6. The number of benzene rings is 2. The van der Waals surface area contributed by atoms with Crippen LogP contribution in [0.3, 0.4) is 0 Å². The van der Waals surface area contributed by atoms with Gasteiger partial charge < -0.3 is 9.47 Å². The molecule has 0 saturated heterocycles. The van der Waals surface area contributed by atoms with Crippen molar-refractivity contribution in [1.29, 1.82) is 0 Å². The molecule has 0 fully saturated rings. The normalized spacial score (nSPS) is 12.5. The first kappa shape index (κ1) is 24.2. The number of esters is 1. The number of hydrogen-bond acceptors (Lipinski definition) is 7. The molecule has 0 aliphatic rings. The van der Waals surface area contributed by atoms with Crippen molar-refractivity contribution in [3.8, 4) is 22.7 Å². The highest BCUT2D eigenvalue weighted by Crippen LogP contribution is 2.37. The van der Waals surface area contributed by atoms with Crippen molar-refractivity contribution in [2.45, 2.75) is 19.2 Å². The molecular formula is C23H18F3N3O5S. The van der Waals surface area contributed by atoms with Gasteiger partial charge in [0.25, 0.3) is 5.56 Å². The lowest BCUT2D eigenvalue weighted by atomic mass is 10.1. The number of para-hydroxylation sites is 1. The maximum atomic E-state index is 13.2. The number of methoxy groups -OCH3 is 1. The molecule has 182 valence electrons. The van der Waals surface area contributed by atoms with Crippen molar-refractivity contribution in [3.05, 3.63) is 75.1 Å². The molecule has 0 spiro atoms. The highest BCUT2D eigenvalue weighted by atomic mass is 32.1. The van der Waals surface area contributed by atoms with Crippen LogP contribution in [0.4, 0.5) is 13.2 Å². The van der Waals surface area contributed by atoms with Crippen LogP contribution in [-0.4, -0.2) is 32.7 Å². The van der Waals surface area contributed by atoms with E-state index in [1.165, 1.54) is 26.2 Å². The van der Waals surface area contributed by atoms with Gasteiger partial charge in [-0.2, -0.15) is 17.5 Å². The van der Waals surface area contributed by atoms with E-state index in [4.69, 9.17) is 9.47 Å². The van der Waals surface area contributed by atoms with Crippen LogP contribution in [0.15, 0.2) is 58.1 Å². The quantitative estimate of drug-likeness (QED) is 0.384. The van der Waals surface area contributed by atoms with E-state index in [0.717, 1.165) is 18.6 Å². The average Bonchev–Trinajstić information content (AvgIpc) is 3.23. The first-order chi connectivity index (χ1) is 16.5. The number of halogens is 3. The Morgan fingerprint density at radius 3 is 2.51 bits per heavy atom. The fraction of sp³-hybridized carbons (Fsp3) is 0.217. The molecule has 0 saturated carbocycles. The van der Waals surface area contributed by atoms with Gasteiger partial charge >= 0.3 is 17.8 Å². The van der Waals surface area contributed by atoms with Crippen LogP contribution < -0.4 is 16.0 Å². The van der Waals surface area contributed by atoms with E-state index in [1.807, 2.05) is 0 Å². The van der Waals surface area contributed by atoms with Gasteiger partial charge in [-0.05, 0) is 48.8 Å². The molecule has 1 atom stereocenters. The number of aromatic nitrogens is 3. The maximum absolute atomic E-state index is 13.2. The molecule has 0 amide bonds. The minimum absolute atomic E-state index is 0.0830. The van der Waals surface area contributed by atoms with Gasteiger partial charge in [0.15, 0.2) is 6.10 Å². The largest absolute Gasteiger partial charge is 0.478 e. The highest BCUT2D eigenvalue weighted by molar-refractivity contribution is 7.13. The third-order valence-corrected chi connectivity index (χ3v) is 6.13. The summed E-state index contributed by atoms with van der Waals surface area (Å²) in [6.45, 7) is 1.53. The number of hydrogen-bond donors (Lipinski definition) is 0. The molecule has 0 bridgehead atoms. The molecule has 0 aliphatic heterocycles. The van der Waals surface area contributed by atoms with E-state index in [9.17, 15) is 27.6 Å². The molecule has 2 aromatic carbocycles. The number of nitrogens with zero attached hydrogens (tertiary/aromatic N) is 3. The van der Waals surface area contributed by atoms with Crippen LogP contribution in [-0.2, 0) is 22.8 Å². The Labute approximate surface area is 199 Å². The van der Waals surface area contributed by atoms with Crippen LogP contribution >= 0.6 is 11.5 Å². The van der Waals surface area contributed by atoms with Crippen molar-refractivity contribution in [3.63, 3.8) is 0 Å². The van der Waals surface area contributed by atoms with Crippen molar-refractivity contribution in [2.24, 2.45) is 7.05 Å². The summed E-state index contributed by atoms with van der Waals surface area (Å²) < 4.78 is 56.3. The summed E-state index contributed by atoms with van der Waals surface area (Å²) in [7, 11) is 2.20. The van der Waals surface area contributed by atoms with Crippen molar-refractivity contribution in [1.82, 2.24) is 13.5 Å². The summed E-state index contributed by atoms with van der Waals surface area (Å²) in [6, 6.07) is 11.8. The van der Waals surface area contributed by atoms with Crippen LogP contribution in [0.25, 0.3) is 27.0 Å². The molecule has 2 aromatic heterocycles. The SMILES string of the molecule is COC(=O)C(C)Oc1ccccc1-c1nsc2ccc(-n3c(=O)cc(C(F)(F)F)n(C)c3=O)cc12. The molecule has 4 rings (SSSR count). The van der Waals surface area contributed by atoms with Crippen LogP contribution in [0.5, 0.6) is 5.75 Å². The average molecular weight is 505 g/mol. The summed E-state index contributed by atoms with van der Waals surface area (Å²) in [4.78, 5) is 37.0. The number of fused-ring (bicyclic) bond motifs is 1. The Morgan fingerprint density at radius 1 is 1.11 bits per heavy atom. The summed E-state index contributed by atoms with van der Waals surface area (Å²) in [6.07, 6.45) is -5.75. The number of carbonyl (C=O) groups excluding carboxylic acids is 1. The lowest BCUT2D eigenvalue weighted by molar-refractivity contribution is -0.148. The van der Waals surface area contributed by atoms with Crippen molar-refractivity contribution >= 4 is 27.6 Å². The van der Waals surface area contributed by atoms with Gasteiger partial charge in [-0.25, -0.2) is 14.2 Å². The van der Waals surface area contributed by atoms with Gasteiger partial charge in [0.05, 0.1) is 23.2 Å². The molecular weight excluding hydrogens is 487 g/mol. The summed E-state index contributed by atoms with van der Waals surface area (Å²) in [5.74, 6) is -0.214. The summed E-state index contributed by atoms with van der Waals surface area (Å²) >= 11 is 1.15. The second-order valence-corrected chi connectivity index (χ2v) is 8.34. The molecule has 12 heteroatoms. The van der Waals surface area contributed by atoms with Gasteiger partial charge in [-0.15, -0.1) is 0 Å². The van der Waals surface area contributed by atoms with Crippen LogP contribution in [0.1, 0.15) is 12.6 Å². The standard InChI is InChI=1S/C23H18F3N3O5S/c1-12(21(31)33-3)34-16-7-5-4-6-14(16)20-15-10-13(8-9-17(15)35-27-20)29-19(30)11-18(23(24,25)26)28(2)22(29)32/h4-12H,1-3H3. The second-order valence-electron chi connectivity index (χ2n) is 7.53. The molecule has 1 unspecified atom stereocenters. The van der Waals surface area contributed by atoms with Crippen LogP contribution in [0, 0.1) is 0 Å². The van der Waals surface area contributed by atoms with Gasteiger partial charge in [0.2, 0.25) is 0 Å². The van der Waals surface area contributed by atoms with E-state index in [1.54, 1.807) is 30.3 Å². The fourth-order valence-corrected chi connectivity index (χ4v) is 4.33. The van der Waals surface area contributed by atoms with E-state index >= 15 is 0 Å². The molecule has 0 radical (unpaired) electrons. The number of ether oxygens (including phenoxy) is 2. The zero-order valence-corrected chi connectivity index (χ0v) is 19.4. The van der Waals surface area contributed by atoms with E-state index in [2.05, 4.69) is 4.37 Å². The smallest absolute Gasteiger partial charge is 0.431 e. The molecule has 0 N–H and O–H groups in total. The summed E-state index contributed by atoms with van der Waals surface area (Å²) in [5, 5.41) is 0.545. The van der Waals surface area contributed by atoms with E-state index in [-0.39, 0.29) is 5.69 Å². The molecule has 4 aromatic rings. The fourth-order valence-electron chi connectivity index (χ4n) is 3.56. The summed E-state index contributed by atoms with van der Waals surface area (Å²) in [5.41, 5.74) is -2.51. The van der Waals surface area contributed by atoms with Gasteiger partial charge in [0, 0.05) is 24.1 Å². The maximum Gasteiger partial charge on any atom is 0.431 e. The van der Waals surface area contributed by atoms with E-state index < -0.39 is 35.2 Å². The zero-order chi connectivity index (χ0) is 25.5. The van der Waals surface area contributed by atoms with E-state index in [0.29, 0.717) is 42.3 Å². The Hall–Kier alpha value is -3.93. The molecule has 35 heavy (non-hydrogen) atoms. The highest BCUT2D eigenvalue weighted by Gasteiger charge is 2.35. The third-order valence-electron chi connectivity index (χ3n) is 5.30. The van der Waals surface area contributed by atoms with Gasteiger partial charge in [0.1, 0.15) is 11.4 Å². The lowest BCUT2D eigenvalue weighted by Gasteiger charge is -2.15. The number of alkyl halides is 3. The predicted octanol–water partition coefficient (Wildman–Crippen LogP) is 3.77. The lowest BCUT2D eigenvalue weighted by Crippen LogP contribution is -2.40. The van der Waals surface area contributed by atoms with Gasteiger partial charge in [-0.3, -0.25) is 9.36 Å². The number of rotatable bonds is 5. The first-order valence-corrected chi connectivity index (χ1v) is 10.9. The Balaban J connectivity index is 1.86. The number of carbonyl (C=O) groups is 1. The Kier molecular flexibility index (Phi) is 6.24. The topological polar surface area (TPSA) is 92.4 Å². The first-order valence-electron chi connectivity index (χ1n) is 10.2. The predicted molar refractivity (Wildman–Crippen MR) is 123 cm³/mol. The molecule has 0 aliphatic carbocycles. The monoisotopic (exact) mass is 505 g/mol. The Bertz CT molecular complexity index is 1550. The Morgan fingerprint density at radius 2 is 1.83 bits per heavy atom. The van der Waals surface area contributed by atoms with Crippen LogP contribution in [0.2, 0.25) is 0 Å². The van der Waals surface area contributed by atoms with Gasteiger partial charge in [-0.1, -0.05) is 12.1 Å². The second kappa shape index (κ2) is 9.02. The molecule has 2 heterocycles. The third kappa shape index (κ3) is 4.44. The minimum Gasteiger partial charge on any atom is -0.478 e. The molecule has 8 nitrogen and oxygen atoms in total. The van der Waals surface area contributed by atoms with Crippen molar-refractivity contribution < 1.29 is 27.4 Å².